The molecule has 12 heteroatoms. The van der Waals surface area contributed by atoms with Gasteiger partial charge < -0.3 is 13.9 Å². The third kappa shape index (κ3) is 3.67. The van der Waals surface area contributed by atoms with Crippen LogP contribution in [-0.2, 0) is 26.9 Å². The summed E-state index contributed by atoms with van der Waals surface area (Å²) in [4.78, 5) is 15.5. The van der Waals surface area contributed by atoms with E-state index in [0.29, 0.717) is 16.6 Å². The third-order valence-electron chi connectivity index (χ3n) is 4.31. The number of fused-ring (bicyclic) bond motifs is 1. The van der Waals surface area contributed by atoms with Crippen molar-refractivity contribution in [3.05, 3.63) is 53.1 Å². The summed E-state index contributed by atoms with van der Waals surface area (Å²) < 4.78 is 61.6. The minimum atomic E-state index is -4.64. The van der Waals surface area contributed by atoms with Crippen molar-refractivity contribution in [2.45, 2.75) is 12.8 Å². The van der Waals surface area contributed by atoms with Crippen LogP contribution in [0.25, 0.3) is 22.6 Å². The molecule has 0 N–H and O–H groups in total. The Morgan fingerprint density at radius 3 is 2.57 bits per heavy atom. The fraction of sp³-hybridized carbons (Fsp3) is 0.222. The second kappa shape index (κ2) is 7.24. The number of halogens is 5. The zero-order chi connectivity index (χ0) is 21.6. The second-order valence-corrected chi connectivity index (χ2v) is 6.82. The normalized spacial score (nSPS) is 12.0. The van der Waals surface area contributed by atoms with Gasteiger partial charge >= 0.3 is 6.18 Å². The molecule has 0 saturated carbocycles. The van der Waals surface area contributed by atoms with E-state index in [9.17, 15) is 17.6 Å². The number of pyridine rings is 1. The van der Waals surface area contributed by atoms with Gasteiger partial charge in [0.1, 0.15) is 17.8 Å². The van der Waals surface area contributed by atoms with Gasteiger partial charge in [0.25, 0.3) is 0 Å². The van der Waals surface area contributed by atoms with Crippen LogP contribution in [0.1, 0.15) is 11.3 Å². The van der Waals surface area contributed by atoms with E-state index in [0.717, 1.165) is 16.8 Å². The molecule has 0 bridgehead atoms. The molecule has 4 heterocycles. The largest absolute Gasteiger partial charge is 0.471 e. The third-order valence-corrected chi connectivity index (χ3v) is 4.48. The first kappa shape index (κ1) is 20.1. The van der Waals surface area contributed by atoms with Crippen molar-refractivity contribution in [1.82, 2.24) is 29.1 Å². The van der Waals surface area contributed by atoms with Crippen molar-refractivity contribution in [2.24, 2.45) is 14.1 Å². The summed E-state index contributed by atoms with van der Waals surface area (Å²) in [6, 6.07) is 2.86. The quantitative estimate of drug-likeness (QED) is 0.352. The fourth-order valence-electron chi connectivity index (χ4n) is 2.92. The van der Waals surface area contributed by atoms with E-state index in [1.54, 1.807) is 23.9 Å². The van der Waals surface area contributed by atoms with Gasteiger partial charge in [0, 0.05) is 38.2 Å². The maximum absolute atomic E-state index is 14.6. The molecule has 0 atom stereocenters. The number of imidazole rings is 1. The first-order valence-corrected chi connectivity index (χ1v) is 8.88. The van der Waals surface area contributed by atoms with Crippen LogP contribution in [0.5, 0.6) is 5.88 Å². The summed E-state index contributed by atoms with van der Waals surface area (Å²) in [5.41, 5.74) is 0.116. The summed E-state index contributed by atoms with van der Waals surface area (Å²) in [6.45, 7) is -0.0911. The Labute approximate surface area is 171 Å². The van der Waals surface area contributed by atoms with Crippen molar-refractivity contribution in [1.29, 1.82) is 0 Å². The summed E-state index contributed by atoms with van der Waals surface area (Å²) >= 11 is 5.90. The van der Waals surface area contributed by atoms with Crippen molar-refractivity contribution in [2.75, 3.05) is 0 Å². The average molecular weight is 441 g/mol. The SMILES string of the molecule is Cn1cc(C(F)(F)F)nc1-c1ncc(COc2nc(Cl)nc3ccn(C)c23)cc1F. The number of hydrogen-bond acceptors (Lipinski definition) is 5. The topological polar surface area (TPSA) is 70.7 Å². The molecule has 0 aliphatic rings. The van der Waals surface area contributed by atoms with Crippen LogP contribution in [0, 0.1) is 5.82 Å². The minimum absolute atomic E-state index is 0.00129. The molecule has 4 aromatic rings. The number of nitrogens with zero attached hydrogens (tertiary/aromatic N) is 6. The van der Waals surface area contributed by atoms with Gasteiger partial charge in [0.2, 0.25) is 11.2 Å². The van der Waals surface area contributed by atoms with E-state index in [2.05, 4.69) is 19.9 Å². The second-order valence-electron chi connectivity index (χ2n) is 6.48. The molecule has 0 aliphatic heterocycles. The maximum atomic E-state index is 14.6. The van der Waals surface area contributed by atoms with E-state index in [1.807, 2.05) is 0 Å². The highest BCUT2D eigenvalue weighted by Crippen LogP contribution is 2.31. The Kier molecular flexibility index (Phi) is 4.85. The predicted molar refractivity (Wildman–Crippen MR) is 99.3 cm³/mol. The molecule has 4 rings (SSSR count). The first-order chi connectivity index (χ1) is 14.1. The molecule has 0 fully saturated rings. The zero-order valence-electron chi connectivity index (χ0n) is 15.6. The van der Waals surface area contributed by atoms with Crippen LogP contribution < -0.4 is 4.74 Å². The lowest BCUT2D eigenvalue weighted by Crippen LogP contribution is -2.05. The van der Waals surface area contributed by atoms with E-state index in [-0.39, 0.29) is 29.3 Å². The number of rotatable bonds is 4. The highest BCUT2D eigenvalue weighted by Gasteiger charge is 2.35. The van der Waals surface area contributed by atoms with E-state index >= 15 is 0 Å². The first-order valence-electron chi connectivity index (χ1n) is 8.50. The van der Waals surface area contributed by atoms with Crippen LogP contribution in [0.4, 0.5) is 17.6 Å². The molecule has 0 radical (unpaired) electrons. The van der Waals surface area contributed by atoms with Gasteiger partial charge in [-0.1, -0.05) is 0 Å². The predicted octanol–water partition coefficient (Wildman–Crippen LogP) is 4.15. The molecule has 4 aromatic heterocycles. The fourth-order valence-corrected chi connectivity index (χ4v) is 3.09. The zero-order valence-corrected chi connectivity index (χ0v) is 16.3. The number of hydrogen-bond donors (Lipinski definition) is 0. The van der Waals surface area contributed by atoms with Crippen LogP contribution in [0.15, 0.2) is 30.7 Å². The Hall–Kier alpha value is -3.21. The van der Waals surface area contributed by atoms with E-state index in [1.165, 1.54) is 13.2 Å². The highest BCUT2D eigenvalue weighted by molar-refractivity contribution is 6.28. The molecule has 0 aromatic carbocycles. The van der Waals surface area contributed by atoms with Crippen LogP contribution in [0.3, 0.4) is 0 Å². The summed E-state index contributed by atoms with van der Waals surface area (Å²) in [5, 5.41) is -0.00129. The molecule has 156 valence electrons. The lowest BCUT2D eigenvalue weighted by molar-refractivity contribution is -0.140. The van der Waals surface area contributed by atoms with Gasteiger partial charge in [-0.2, -0.15) is 18.2 Å². The van der Waals surface area contributed by atoms with Crippen LogP contribution in [0.2, 0.25) is 5.28 Å². The molecular formula is C18H13ClF4N6O. The number of aryl methyl sites for hydroxylation is 2. The van der Waals surface area contributed by atoms with Crippen molar-refractivity contribution in [3.63, 3.8) is 0 Å². The molecule has 0 saturated heterocycles. The molecule has 0 amide bonds. The molecule has 0 spiro atoms. The Balaban J connectivity index is 1.59. The standard InChI is InChI=1S/C18H13ClF4N6O/c1-28-4-3-11-14(28)16(27-17(19)25-11)30-8-9-5-10(20)13(24-6-9)15-26-12(7-29(15)2)18(21,22)23/h3-7H,8H2,1-2H3. The van der Waals surface area contributed by atoms with Gasteiger partial charge in [0.05, 0.1) is 5.52 Å². The van der Waals surface area contributed by atoms with Crippen molar-refractivity contribution in [3.8, 4) is 17.4 Å². The Morgan fingerprint density at radius 2 is 1.90 bits per heavy atom. The van der Waals surface area contributed by atoms with Gasteiger partial charge in [-0.25, -0.2) is 19.3 Å². The monoisotopic (exact) mass is 440 g/mol. The van der Waals surface area contributed by atoms with E-state index in [4.69, 9.17) is 16.3 Å². The number of ether oxygens (including phenoxy) is 1. The minimum Gasteiger partial charge on any atom is -0.471 e. The molecular weight excluding hydrogens is 428 g/mol. The lowest BCUT2D eigenvalue weighted by atomic mass is 10.2. The van der Waals surface area contributed by atoms with Gasteiger partial charge in [-0.05, 0) is 23.7 Å². The van der Waals surface area contributed by atoms with Crippen molar-refractivity contribution < 1.29 is 22.3 Å². The Morgan fingerprint density at radius 1 is 1.13 bits per heavy atom. The summed E-state index contributed by atoms with van der Waals surface area (Å²) in [7, 11) is 3.12. The highest BCUT2D eigenvalue weighted by atomic mass is 35.5. The smallest absolute Gasteiger partial charge is 0.434 e. The lowest BCUT2D eigenvalue weighted by Gasteiger charge is -2.09. The molecule has 0 unspecified atom stereocenters. The van der Waals surface area contributed by atoms with Gasteiger partial charge in [0.15, 0.2) is 17.3 Å². The molecule has 30 heavy (non-hydrogen) atoms. The number of alkyl halides is 3. The average Bonchev–Trinajstić information content (AvgIpc) is 3.23. The summed E-state index contributed by atoms with van der Waals surface area (Å²) in [5.74, 6) is -0.857. The maximum Gasteiger partial charge on any atom is 0.434 e. The van der Waals surface area contributed by atoms with Gasteiger partial charge in [-0.3, -0.25) is 0 Å². The van der Waals surface area contributed by atoms with Crippen LogP contribution >= 0.6 is 11.6 Å². The molecule has 0 aliphatic carbocycles. The van der Waals surface area contributed by atoms with Crippen molar-refractivity contribution >= 4 is 22.6 Å². The van der Waals surface area contributed by atoms with Gasteiger partial charge in [-0.15, -0.1) is 0 Å². The Bertz CT molecular complexity index is 1250. The summed E-state index contributed by atoms with van der Waals surface area (Å²) in [6.07, 6.45) is -0.801. The molecule has 7 nitrogen and oxygen atoms in total. The van der Waals surface area contributed by atoms with E-state index < -0.39 is 17.7 Å². The number of aromatic nitrogens is 6. The van der Waals surface area contributed by atoms with Crippen LogP contribution in [-0.4, -0.2) is 29.1 Å².